The monoisotopic (exact) mass is 238 g/mol. The van der Waals surface area contributed by atoms with Crippen LogP contribution in [-0.2, 0) is 4.79 Å². The van der Waals surface area contributed by atoms with Crippen LogP contribution in [0.3, 0.4) is 0 Å². The molecule has 0 aliphatic carbocycles. The molecule has 2 heteroatoms. The first-order valence-corrected chi connectivity index (χ1v) is 6.24. The molecule has 1 nitrogen and oxygen atoms in total. The minimum Gasteiger partial charge on any atom is -0.299 e. The highest BCUT2D eigenvalue weighted by atomic mass is 32.2. The number of benzene rings is 2. The second-order valence-electron chi connectivity index (χ2n) is 3.81. The summed E-state index contributed by atoms with van der Waals surface area (Å²) < 4.78 is 0. The zero-order chi connectivity index (χ0) is 11.7. The van der Waals surface area contributed by atoms with Gasteiger partial charge in [-0.3, -0.25) is 4.79 Å². The molecule has 0 saturated heterocycles. The number of hydrogen-bond donors (Lipinski definition) is 0. The highest BCUT2D eigenvalue weighted by Crippen LogP contribution is 2.44. The summed E-state index contributed by atoms with van der Waals surface area (Å²) in [7, 11) is 0. The van der Waals surface area contributed by atoms with E-state index >= 15 is 0 Å². The third kappa shape index (κ3) is 1.71. The van der Waals surface area contributed by atoms with E-state index in [4.69, 9.17) is 0 Å². The van der Waals surface area contributed by atoms with Crippen molar-refractivity contribution >= 4 is 23.6 Å². The first kappa shape index (κ1) is 10.4. The summed E-state index contributed by atoms with van der Waals surface area (Å²) in [6.45, 7) is 0. The molecule has 2 aromatic rings. The number of aldehydes is 1. The Morgan fingerprint density at radius 2 is 1.35 bits per heavy atom. The second-order valence-corrected chi connectivity index (χ2v) is 4.89. The topological polar surface area (TPSA) is 17.1 Å². The van der Waals surface area contributed by atoms with Crippen LogP contribution >= 0.6 is 11.8 Å². The highest BCUT2D eigenvalue weighted by Gasteiger charge is 2.19. The van der Waals surface area contributed by atoms with Gasteiger partial charge in [0.05, 0.1) is 0 Å². The van der Waals surface area contributed by atoms with Crippen molar-refractivity contribution < 1.29 is 4.79 Å². The van der Waals surface area contributed by atoms with Gasteiger partial charge in [-0.2, -0.15) is 0 Å². The number of fused-ring (bicyclic) bond motifs is 2. The fourth-order valence-corrected chi connectivity index (χ4v) is 3.17. The summed E-state index contributed by atoms with van der Waals surface area (Å²) >= 11 is 1.76. The van der Waals surface area contributed by atoms with E-state index in [0.29, 0.717) is 0 Å². The van der Waals surface area contributed by atoms with Gasteiger partial charge < -0.3 is 0 Å². The molecule has 0 N–H and O–H groups in total. The maximum absolute atomic E-state index is 10.8. The Hall–Kier alpha value is -1.80. The fourth-order valence-electron chi connectivity index (χ4n) is 2.07. The Morgan fingerprint density at radius 3 is 1.88 bits per heavy atom. The SMILES string of the molecule is O=CC=C1c2ccccc2Sc2ccccc21. The Morgan fingerprint density at radius 1 is 0.824 bits per heavy atom. The summed E-state index contributed by atoms with van der Waals surface area (Å²) in [5.41, 5.74) is 3.30. The van der Waals surface area contributed by atoms with Crippen molar-refractivity contribution in [3.8, 4) is 0 Å². The lowest BCUT2D eigenvalue weighted by Crippen LogP contribution is -1.98. The van der Waals surface area contributed by atoms with E-state index in [-0.39, 0.29) is 0 Å². The standard InChI is InChI=1S/C15H10OS/c16-10-9-11-12-5-1-3-7-14(12)17-15-8-4-2-6-13(11)15/h1-10H. The van der Waals surface area contributed by atoms with Gasteiger partial charge in [0.15, 0.2) is 0 Å². The van der Waals surface area contributed by atoms with Crippen molar-refractivity contribution in [2.75, 3.05) is 0 Å². The highest BCUT2D eigenvalue weighted by molar-refractivity contribution is 7.99. The molecule has 0 fully saturated rings. The van der Waals surface area contributed by atoms with Crippen LogP contribution < -0.4 is 0 Å². The molecule has 0 unspecified atom stereocenters. The second kappa shape index (κ2) is 4.22. The molecule has 82 valence electrons. The molecule has 0 radical (unpaired) electrons. The van der Waals surface area contributed by atoms with Crippen LogP contribution in [0, 0.1) is 0 Å². The molecule has 0 amide bonds. The van der Waals surface area contributed by atoms with Gasteiger partial charge in [0.1, 0.15) is 6.29 Å². The van der Waals surface area contributed by atoms with Crippen LogP contribution in [0.4, 0.5) is 0 Å². The predicted octanol–water partition coefficient (Wildman–Crippen LogP) is 3.78. The molecule has 1 aliphatic rings. The molecule has 2 aromatic carbocycles. The molecule has 17 heavy (non-hydrogen) atoms. The third-order valence-corrected chi connectivity index (χ3v) is 3.96. The van der Waals surface area contributed by atoms with E-state index in [1.807, 2.05) is 24.3 Å². The minimum absolute atomic E-state index is 0.860. The number of rotatable bonds is 1. The van der Waals surface area contributed by atoms with E-state index < -0.39 is 0 Å². The van der Waals surface area contributed by atoms with Gasteiger partial charge in [-0.15, -0.1) is 0 Å². The van der Waals surface area contributed by atoms with Gasteiger partial charge in [-0.05, 0) is 34.9 Å². The lowest BCUT2D eigenvalue weighted by Gasteiger charge is -2.21. The lowest BCUT2D eigenvalue weighted by molar-refractivity contribution is -0.104. The third-order valence-electron chi connectivity index (χ3n) is 2.81. The van der Waals surface area contributed by atoms with Crippen LogP contribution in [0.1, 0.15) is 11.1 Å². The molecule has 1 heterocycles. The van der Waals surface area contributed by atoms with Crippen LogP contribution in [-0.4, -0.2) is 6.29 Å². The quantitative estimate of drug-likeness (QED) is 0.474. The number of hydrogen-bond acceptors (Lipinski definition) is 2. The van der Waals surface area contributed by atoms with Crippen molar-refractivity contribution in [3.63, 3.8) is 0 Å². The molecule has 0 bridgehead atoms. The van der Waals surface area contributed by atoms with Crippen LogP contribution in [0.15, 0.2) is 64.4 Å². The first-order valence-electron chi connectivity index (χ1n) is 5.42. The van der Waals surface area contributed by atoms with Crippen molar-refractivity contribution in [1.29, 1.82) is 0 Å². The van der Waals surface area contributed by atoms with Gasteiger partial charge >= 0.3 is 0 Å². The Balaban J connectivity index is 2.28. The normalized spacial score (nSPS) is 12.6. The zero-order valence-electron chi connectivity index (χ0n) is 9.09. The van der Waals surface area contributed by atoms with E-state index in [9.17, 15) is 4.79 Å². The molecular weight excluding hydrogens is 228 g/mol. The minimum atomic E-state index is 0.860. The average Bonchev–Trinajstić information content (AvgIpc) is 2.39. The van der Waals surface area contributed by atoms with E-state index in [0.717, 1.165) is 23.0 Å². The molecule has 3 rings (SSSR count). The summed E-state index contributed by atoms with van der Waals surface area (Å²) in [5.74, 6) is 0. The summed E-state index contributed by atoms with van der Waals surface area (Å²) in [6, 6.07) is 16.4. The lowest BCUT2D eigenvalue weighted by atomic mass is 9.97. The van der Waals surface area contributed by atoms with Crippen molar-refractivity contribution in [2.45, 2.75) is 9.79 Å². The maximum Gasteiger partial charge on any atom is 0.143 e. The van der Waals surface area contributed by atoms with Crippen LogP contribution in [0.5, 0.6) is 0 Å². The average molecular weight is 238 g/mol. The van der Waals surface area contributed by atoms with Crippen molar-refractivity contribution in [2.24, 2.45) is 0 Å². The number of carbonyl (C=O) groups is 1. The number of allylic oxidation sites excluding steroid dienone is 1. The van der Waals surface area contributed by atoms with Gasteiger partial charge in [0.25, 0.3) is 0 Å². The molecule has 0 atom stereocenters. The Bertz CT molecular complexity index is 566. The largest absolute Gasteiger partial charge is 0.299 e. The van der Waals surface area contributed by atoms with Crippen molar-refractivity contribution in [3.05, 3.63) is 65.7 Å². The molecule has 0 spiro atoms. The molecule has 1 aliphatic heterocycles. The van der Waals surface area contributed by atoms with E-state index in [1.54, 1.807) is 17.8 Å². The summed E-state index contributed by atoms with van der Waals surface area (Å²) in [5, 5.41) is 0. The van der Waals surface area contributed by atoms with Gasteiger partial charge in [0.2, 0.25) is 0 Å². The van der Waals surface area contributed by atoms with E-state index in [2.05, 4.69) is 24.3 Å². The van der Waals surface area contributed by atoms with Crippen LogP contribution in [0.25, 0.3) is 5.57 Å². The van der Waals surface area contributed by atoms with E-state index in [1.165, 1.54) is 9.79 Å². The predicted molar refractivity (Wildman–Crippen MR) is 70.2 cm³/mol. The Labute approximate surface area is 104 Å². The first-order chi connectivity index (χ1) is 8.40. The van der Waals surface area contributed by atoms with Gasteiger partial charge in [0, 0.05) is 9.79 Å². The van der Waals surface area contributed by atoms with Crippen LogP contribution in [0.2, 0.25) is 0 Å². The number of carbonyl (C=O) groups excluding carboxylic acids is 1. The molecule has 0 aromatic heterocycles. The molecule has 0 saturated carbocycles. The molecular formula is C15H10OS. The summed E-state index contributed by atoms with van der Waals surface area (Å²) in [4.78, 5) is 13.2. The summed E-state index contributed by atoms with van der Waals surface area (Å²) in [6.07, 6.45) is 2.51. The Kier molecular flexibility index (Phi) is 2.57. The smallest absolute Gasteiger partial charge is 0.143 e. The van der Waals surface area contributed by atoms with Gasteiger partial charge in [-0.1, -0.05) is 48.2 Å². The maximum atomic E-state index is 10.8. The fraction of sp³-hybridized carbons (Fsp3) is 0. The van der Waals surface area contributed by atoms with Gasteiger partial charge in [-0.25, -0.2) is 0 Å². The zero-order valence-corrected chi connectivity index (χ0v) is 9.91. The van der Waals surface area contributed by atoms with Crippen molar-refractivity contribution in [1.82, 2.24) is 0 Å².